The number of piperazine rings is 1. The standard InChI is InChI=1S/C14H20N4O/c19-11-18-8-2-4-13(18)12-3-1-5-16-14(12)17-9-6-15-7-10-17/h1,3,5,11,13,15H,2,4,6-10H2/t13-/m0/s1. The third-order valence-corrected chi connectivity index (χ3v) is 4.02. The quantitative estimate of drug-likeness (QED) is 0.816. The molecule has 1 aromatic rings. The van der Waals surface area contributed by atoms with E-state index in [1.807, 2.05) is 17.2 Å². The molecule has 2 fully saturated rings. The Morgan fingerprint density at radius 3 is 2.95 bits per heavy atom. The zero-order valence-electron chi connectivity index (χ0n) is 11.1. The highest BCUT2D eigenvalue weighted by molar-refractivity contribution is 5.54. The summed E-state index contributed by atoms with van der Waals surface area (Å²) in [6, 6.07) is 4.30. The summed E-state index contributed by atoms with van der Waals surface area (Å²) < 4.78 is 0. The van der Waals surface area contributed by atoms with Gasteiger partial charge in [0.15, 0.2) is 0 Å². The number of hydrogen-bond donors (Lipinski definition) is 1. The summed E-state index contributed by atoms with van der Waals surface area (Å²) in [7, 11) is 0. The highest BCUT2D eigenvalue weighted by Crippen LogP contribution is 2.35. The molecular formula is C14H20N4O. The van der Waals surface area contributed by atoms with Crippen LogP contribution in [-0.4, -0.2) is 49.0 Å². The van der Waals surface area contributed by atoms with E-state index < -0.39 is 0 Å². The van der Waals surface area contributed by atoms with Crippen LogP contribution in [0.15, 0.2) is 18.3 Å². The number of nitrogens with one attached hydrogen (secondary N) is 1. The van der Waals surface area contributed by atoms with E-state index >= 15 is 0 Å². The van der Waals surface area contributed by atoms with Crippen LogP contribution < -0.4 is 10.2 Å². The van der Waals surface area contributed by atoms with Crippen molar-refractivity contribution in [3.63, 3.8) is 0 Å². The number of amides is 1. The van der Waals surface area contributed by atoms with Crippen molar-refractivity contribution in [2.75, 3.05) is 37.6 Å². The predicted octanol–water partition coefficient (Wildman–Crippen LogP) is 0.784. The molecule has 0 aromatic carbocycles. The zero-order chi connectivity index (χ0) is 13.1. The highest BCUT2D eigenvalue weighted by Gasteiger charge is 2.28. The molecule has 5 nitrogen and oxygen atoms in total. The molecule has 1 amide bonds. The van der Waals surface area contributed by atoms with E-state index in [2.05, 4.69) is 21.3 Å². The number of nitrogens with zero attached hydrogens (tertiary/aromatic N) is 3. The Morgan fingerprint density at radius 2 is 2.16 bits per heavy atom. The number of carbonyl (C=O) groups is 1. The molecule has 0 unspecified atom stereocenters. The van der Waals surface area contributed by atoms with Gasteiger partial charge in [0.25, 0.3) is 0 Å². The number of anilines is 1. The smallest absolute Gasteiger partial charge is 0.210 e. The first-order chi connectivity index (χ1) is 9.40. The van der Waals surface area contributed by atoms with Gasteiger partial charge in [-0.05, 0) is 18.9 Å². The van der Waals surface area contributed by atoms with Crippen molar-refractivity contribution in [3.8, 4) is 0 Å². The van der Waals surface area contributed by atoms with Gasteiger partial charge in [0.05, 0.1) is 6.04 Å². The van der Waals surface area contributed by atoms with E-state index in [0.717, 1.165) is 57.8 Å². The van der Waals surface area contributed by atoms with Gasteiger partial charge >= 0.3 is 0 Å². The van der Waals surface area contributed by atoms with Gasteiger partial charge in [-0.1, -0.05) is 6.07 Å². The van der Waals surface area contributed by atoms with Crippen LogP contribution in [0.2, 0.25) is 0 Å². The number of likely N-dealkylation sites (tertiary alicyclic amines) is 1. The van der Waals surface area contributed by atoms with Crippen molar-refractivity contribution >= 4 is 12.2 Å². The minimum atomic E-state index is 0.205. The SMILES string of the molecule is O=CN1CCC[C@H]1c1cccnc1N1CCNCC1. The van der Waals surface area contributed by atoms with Gasteiger partial charge in [0, 0.05) is 44.5 Å². The molecule has 0 aliphatic carbocycles. The fourth-order valence-corrected chi connectivity index (χ4v) is 3.06. The minimum Gasteiger partial charge on any atom is -0.354 e. The lowest BCUT2D eigenvalue weighted by molar-refractivity contribution is -0.118. The lowest BCUT2D eigenvalue weighted by Crippen LogP contribution is -2.44. The van der Waals surface area contributed by atoms with Crippen molar-refractivity contribution in [1.82, 2.24) is 15.2 Å². The summed E-state index contributed by atoms with van der Waals surface area (Å²) in [5.41, 5.74) is 1.20. The molecule has 5 heteroatoms. The highest BCUT2D eigenvalue weighted by atomic mass is 16.1. The Kier molecular flexibility index (Phi) is 3.64. The lowest BCUT2D eigenvalue weighted by atomic mass is 10.0. The molecule has 0 bridgehead atoms. The van der Waals surface area contributed by atoms with E-state index in [4.69, 9.17) is 0 Å². The average Bonchev–Trinajstić information content (AvgIpc) is 2.96. The lowest BCUT2D eigenvalue weighted by Gasteiger charge is -2.32. The monoisotopic (exact) mass is 260 g/mol. The Hall–Kier alpha value is -1.62. The van der Waals surface area contributed by atoms with E-state index in [9.17, 15) is 4.79 Å². The number of aromatic nitrogens is 1. The number of rotatable bonds is 3. The van der Waals surface area contributed by atoms with Crippen LogP contribution in [0.25, 0.3) is 0 Å². The van der Waals surface area contributed by atoms with Crippen molar-refractivity contribution < 1.29 is 4.79 Å². The second kappa shape index (κ2) is 5.57. The summed E-state index contributed by atoms with van der Waals surface area (Å²) >= 11 is 0. The van der Waals surface area contributed by atoms with Crippen LogP contribution >= 0.6 is 0 Å². The summed E-state index contributed by atoms with van der Waals surface area (Å²) in [5.74, 6) is 1.06. The number of hydrogen-bond acceptors (Lipinski definition) is 4. The normalized spacial score (nSPS) is 23.7. The van der Waals surface area contributed by atoms with Crippen LogP contribution in [0.4, 0.5) is 5.82 Å². The largest absolute Gasteiger partial charge is 0.354 e. The number of pyridine rings is 1. The minimum absolute atomic E-state index is 0.205. The fourth-order valence-electron chi connectivity index (χ4n) is 3.06. The first kappa shape index (κ1) is 12.4. The Balaban J connectivity index is 1.90. The second-order valence-electron chi connectivity index (χ2n) is 5.15. The molecule has 1 aromatic heterocycles. The molecule has 1 N–H and O–H groups in total. The predicted molar refractivity (Wildman–Crippen MR) is 74.1 cm³/mol. The van der Waals surface area contributed by atoms with Crippen molar-refractivity contribution in [3.05, 3.63) is 23.9 Å². The second-order valence-corrected chi connectivity index (χ2v) is 5.15. The molecule has 0 spiro atoms. The van der Waals surface area contributed by atoms with Crippen LogP contribution in [0.1, 0.15) is 24.4 Å². The summed E-state index contributed by atoms with van der Waals surface area (Å²) in [6.45, 7) is 4.83. The van der Waals surface area contributed by atoms with Gasteiger partial charge in [-0.3, -0.25) is 4.79 Å². The van der Waals surface area contributed by atoms with E-state index in [-0.39, 0.29) is 6.04 Å². The summed E-state index contributed by atoms with van der Waals surface area (Å²) in [4.78, 5) is 20.0. The number of carbonyl (C=O) groups excluding carboxylic acids is 1. The van der Waals surface area contributed by atoms with Gasteiger partial charge < -0.3 is 15.1 Å². The van der Waals surface area contributed by atoms with Crippen LogP contribution in [0, 0.1) is 0 Å². The summed E-state index contributed by atoms with van der Waals surface area (Å²) in [6.07, 6.45) is 4.95. The van der Waals surface area contributed by atoms with Gasteiger partial charge in [0.1, 0.15) is 5.82 Å². The van der Waals surface area contributed by atoms with Gasteiger partial charge in [-0.15, -0.1) is 0 Å². The van der Waals surface area contributed by atoms with Crippen molar-refractivity contribution in [2.45, 2.75) is 18.9 Å². The molecule has 2 saturated heterocycles. The molecule has 3 rings (SSSR count). The molecular weight excluding hydrogens is 240 g/mol. The molecule has 3 heterocycles. The Labute approximate surface area is 113 Å². The van der Waals surface area contributed by atoms with Crippen LogP contribution in [-0.2, 0) is 4.79 Å². The Morgan fingerprint density at radius 1 is 1.32 bits per heavy atom. The maximum absolute atomic E-state index is 11.2. The first-order valence-corrected chi connectivity index (χ1v) is 7.02. The maximum atomic E-state index is 11.2. The van der Waals surface area contributed by atoms with Crippen LogP contribution in [0.3, 0.4) is 0 Å². The van der Waals surface area contributed by atoms with E-state index in [1.165, 1.54) is 5.56 Å². The molecule has 2 aliphatic heterocycles. The molecule has 102 valence electrons. The topological polar surface area (TPSA) is 48.5 Å². The third kappa shape index (κ3) is 2.42. The first-order valence-electron chi connectivity index (χ1n) is 7.02. The maximum Gasteiger partial charge on any atom is 0.210 e. The summed E-state index contributed by atoms with van der Waals surface area (Å²) in [5, 5.41) is 3.36. The van der Waals surface area contributed by atoms with Crippen molar-refractivity contribution in [2.24, 2.45) is 0 Å². The van der Waals surface area contributed by atoms with Gasteiger partial charge in [-0.25, -0.2) is 4.98 Å². The fraction of sp³-hybridized carbons (Fsp3) is 0.571. The molecule has 19 heavy (non-hydrogen) atoms. The van der Waals surface area contributed by atoms with Gasteiger partial charge in [0.2, 0.25) is 6.41 Å². The van der Waals surface area contributed by atoms with Gasteiger partial charge in [-0.2, -0.15) is 0 Å². The molecule has 1 atom stereocenters. The van der Waals surface area contributed by atoms with Crippen LogP contribution in [0.5, 0.6) is 0 Å². The average molecular weight is 260 g/mol. The van der Waals surface area contributed by atoms with E-state index in [0.29, 0.717) is 0 Å². The Bertz CT molecular complexity index is 445. The van der Waals surface area contributed by atoms with Crippen molar-refractivity contribution in [1.29, 1.82) is 0 Å². The zero-order valence-corrected chi connectivity index (χ0v) is 11.1. The molecule has 0 saturated carbocycles. The molecule has 2 aliphatic rings. The molecule has 0 radical (unpaired) electrons. The third-order valence-electron chi connectivity index (χ3n) is 4.02. The van der Waals surface area contributed by atoms with E-state index in [1.54, 1.807) is 0 Å².